The van der Waals surface area contributed by atoms with E-state index in [0.717, 1.165) is 12.1 Å². The highest BCUT2D eigenvalue weighted by Crippen LogP contribution is 2.19. The quantitative estimate of drug-likeness (QED) is 0.714. The number of benzene rings is 2. The lowest BCUT2D eigenvalue weighted by Crippen LogP contribution is -2.48. The van der Waals surface area contributed by atoms with Crippen molar-refractivity contribution in [3.63, 3.8) is 0 Å². The molecule has 1 fully saturated rings. The van der Waals surface area contributed by atoms with E-state index in [4.69, 9.17) is 4.74 Å². The summed E-state index contributed by atoms with van der Waals surface area (Å²) >= 11 is 0. The normalized spacial score (nSPS) is 16.8. The molecule has 28 heavy (non-hydrogen) atoms. The van der Waals surface area contributed by atoms with Crippen LogP contribution in [0.3, 0.4) is 0 Å². The Morgan fingerprint density at radius 1 is 1.18 bits per heavy atom. The molecule has 1 aliphatic rings. The summed E-state index contributed by atoms with van der Waals surface area (Å²) in [4.78, 5) is 14.6. The number of amides is 1. The largest absolute Gasteiger partial charge is 0.487 e. The van der Waals surface area contributed by atoms with Gasteiger partial charge in [0.2, 0.25) is 0 Å². The molecule has 0 spiro atoms. The van der Waals surface area contributed by atoms with Crippen LogP contribution in [0.2, 0.25) is 0 Å². The summed E-state index contributed by atoms with van der Waals surface area (Å²) < 4.78 is 18.7. The standard InChI is InChI=1S/C21H21FN4O2/c22-16-7-4-8-18(11-16)28-14-17-12-19(25-24-17)21(27)26-10-9-23-20(13-26)15-5-2-1-3-6-15/h1-8,11-12,20,23H,9-10,13-14H2,(H,24,25). The Morgan fingerprint density at radius 2 is 2.04 bits per heavy atom. The van der Waals surface area contributed by atoms with E-state index in [-0.39, 0.29) is 24.4 Å². The molecule has 144 valence electrons. The Kier molecular flexibility index (Phi) is 5.34. The first-order valence-corrected chi connectivity index (χ1v) is 9.19. The van der Waals surface area contributed by atoms with Gasteiger partial charge in [0.05, 0.1) is 5.69 Å². The third kappa shape index (κ3) is 4.20. The molecule has 4 rings (SSSR count). The summed E-state index contributed by atoms with van der Waals surface area (Å²) in [5.41, 5.74) is 2.17. The van der Waals surface area contributed by atoms with Crippen molar-refractivity contribution in [2.75, 3.05) is 19.6 Å². The maximum atomic E-state index is 13.2. The summed E-state index contributed by atoms with van der Waals surface area (Å²) in [7, 11) is 0. The third-order valence-electron chi connectivity index (χ3n) is 4.71. The second-order valence-electron chi connectivity index (χ2n) is 6.69. The van der Waals surface area contributed by atoms with Crippen LogP contribution >= 0.6 is 0 Å². The molecule has 7 heteroatoms. The van der Waals surface area contributed by atoms with E-state index < -0.39 is 0 Å². The molecular weight excluding hydrogens is 359 g/mol. The Balaban J connectivity index is 1.38. The van der Waals surface area contributed by atoms with Crippen LogP contribution in [-0.2, 0) is 6.61 Å². The predicted molar refractivity (Wildman–Crippen MR) is 102 cm³/mol. The Labute approximate surface area is 162 Å². The van der Waals surface area contributed by atoms with Gasteiger partial charge in [-0.25, -0.2) is 4.39 Å². The lowest BCUT2D eigenvalue weighted by Gasteiger charge is -2.33. The number of hydrogen-bond donors (Lipinski definition) is 2. The lowest BCUT2D eigenvalue weighted by atomic mass is 10.0. The van der Waals surface area contributed by atoms with E-state index in [1.165, 1.54) is 12.1 Å². The average Bonchev–Trinajstić information content (AvgIpc) is 3.22. The molecule has 2 N–H and O–H groups in total. The molecule has 0 saturated carbocycles. The molecule has 1 amide bonds. The van der Waals surface area contributed by atoms with Crippen molar-refractivity contribution in [1.82, 2.24) is 20.4 Å². The second-order valence-corrected chi connectivity index (χ2v) is 6.69. The second kappa shape index (κ2) is 8.22. The van der Waals surface area contributed by atoms with Gasteiger partial charge in [-0.15, -0.1) is 0 Å². The van der Waals surface area contributed by atoms with Crippen LogP contribution in [-0.4, -0.2) is 40.6 Å². The number of hydrogen-bond acceptors (Lipinski definition) is 4. The van der Waals surface area contributed by atoms with Crippen molar-refractivity contribution in [2.24, 2.45) is 0 Å². The molecular formula is C21H21FN4O2. The Hall–Kier alpha value is -3.19. The zero-order valence-corrected chi connectivity index (χ0v) is 15.3. The molecule has 0 bridgehead atoms. The monoisotopic (exact) mass is 380 g/mol. The van der Waals surface area contributed by atoms with Crippen molar-refractivity contribution in [2.45, 2.75) is 12.6 Å². The number of aromatic amines is 1. The molecule has 0 aliphatic carbocycles. The van der Waals surface area contributed by atoms with Crippen LogP contribution in [0.4, 0.5) is 4.39 Å². The molecule has 0 radical (unpaired) electrons. The van der Waals surface area contributed by atoms with Crippen molar-refractivity contribution in [3.8, 4) is 5.75 Å². The summed E-state index contributed by atoms with van der Waals surface area (Å²) in [5, 5.41) is 10.4. The van der Waals surface area contributed by atoms with Crippen molar-refractivity contribution >= 4 is 5.91 Å². The SMILES string of the molecule is O=C(c1cc(COc2cccc(F)c2)[nH]n1)N1CCNC(c2ccccc2)C1. The van der Waals surface area contributed by atoms with E-state index in [2.05, 4.69) is 27.6 Å². The minimum absolute atomic E-state index is 0.105. The van der Waals surface area contributed by atoms with Crippen LogP contribution < -0.4 is 10.1 Å². The van der Waals surface area contributed by atoms with E-state index in [1.54, 1.807) is 18.2 Å². The van der Waals surface area contributed by atoms with Crippen LogP contribution in [0, 0.1) is 5.82 Å². The first kappa shape index (κ1) is 18.2. The minimum atomic E-state index is -0.357. The van der Waals surface area contributed by atoms with Gasteiger partial charge < -0.3 is 15.0 Å². The van der Waals surface area contributed by atoms with Gasteiger partial charge in [-0.3, -0.25) is 9.89 Å². The van der Waals surface area contributed by atoms with Gasteiger partial charge in [-0.05, 0) is 23.8 Å². The fourth-order valence-electron chi connectivity index (χ4n) is 3.27. The van der Waals surface area contributed by atoms with Gasteiger partial charge in [0, 0.05) is 31.7 Å². The number of carbonyl (C=O) groups is 1. The van der Waals surface area contributed by atoms with E-state index in [9.17, 15) is 9.18 Å². The maximum absolute atomic E-state index is 13.2. The fourth-order valence-corrected chi connectivity index (χ4v) is 3.27. The zero-order valence-electron chi connectivity index (χ0n) is 15.3. The van der Waals surface area contributed by atoms with Crippen molar-refractivity contribution in [3.05, 3.63) is 83.4 Å². The highest BCUT2D eigenvalue weighted by molar-refractivity contribution is 5.92. The Bertz CT molecular complexity index is 944. The summed E-state index contributed by atoms with van der Waals surface area (Å²) in [6.07, 6.45) is 0. The maximum Gasteiger partial charge on any atom is 0.274 e. The van der Waals surface area contributed by atoms with E-state index in [1.807, 2.05) is 23.1 Å². The molecule has 1 unspecified atom stereocenters. The predicted octanol–water partition coefficient (Wildman–Crippen LogP) is 2.91. The van der Waals surface area contributed by atoms with Crippen LogP contribution in [0.15, 0.2) is 60.7 Å². The third-order valence-corrected chi connectivity index (χ3v) is 4.71. The van der Waals surface area contributed by atoms with E-state index in [0.29, 0.717) is 30.2 Å². The molecule has 1 aliphatic heterocycles. The minimum Gasteiger partial charge on any atom is -0.487 e. The molecule has 3 aromatic rings. The van der Waals surface area contributed by atoms with Gasteiger partial charge in [-0.2, -0.15) is 5.10 Å². The first-order valence-electron chi connectivity index (χ1n) is 9.19. The number of nitrogens with one attached hydrogen (secondary N) is 2. The van der Waals surface area contributed by atoms with Gasteiger partial charge in [0.15, 0.2) is 5.69 Å². The number of piperazine rings is 1. The number of H-pyrrole nitrogens is 1. The van der Waals surface area contributed by atoms with Gasteiger partial charge in [0.1, 0.15) is 18.2 Å². The highest BCUT2D eigenvalue weighted by Gasteiger charge is 2.26. The molecule has 2 heterocycles. The first-order chi connectivity index (χ1) is 13.7. The number of aromatic nitrogens is 2. The molecule has 2 aromatic carbocycles. The lowest BCUT2D eigenvalue weighted by molar-refractivity contribution is 0.0697. The topological polar surface area (TPSA) is 70.2 Å². The number of rotatable bonds is 5. The van der Waals surface area contributed by atoms with Gasteiger partial charge in [-0.1, -0.05) is 36.4 Å². The fraction of sp³-hybridized carbons (Fsp3) is 0.238. The van der Waals surface area contributed by atoms with Gasteiger partial charge >= 0.3 is 0 Å². The number of nitrogens with zero attached hydrogens (tertiary/aromatic N) is 2. The molecule has 1 atom stereocenters. The summed E-state index contributed by atoms with van der Waals surface area (Å²) in [6, 6.07) is 17.8. The summed E-state index contributed by atoms with van der Waals surface area (Å²) in [6.45, 7) is 2.12. The average molecular weight is 380 g/mol. The van der Waals surface area contributed by atoms with Crippen LogP contribution in [0.25, 0.3) is 0 Å². The Morgan fingerprint density at radius 3 is 2.86 bits per heavy atom. The number of halogens is 1. The number of carbonyl (C=O) groups excluding carboxylic acids is 1. The zero-order chi connectivity index (χ0) is 19.3. The van der Waals surface area contributed by atoms with E-state index >= 15 is 0 Å². The highest BCUT2D eigenvalue weighted by atomic mass is 19.1. The summed E-state index contributed by atoms with van der Waals surface area (Å²) in [5.74, 6) is -0.0457. The van der Waals surface area contributed by atoms with Crippen molar-refractivity contribution < 1.29 is 13.9 Å². The molecule has 1 saturated heterocycles. The smallest absolute Gasteiger partial charge is 0.274 e. The van der Waals surface area contributed by atoms with Crippen molar-refractivity contribution in [1.29, 1.82) is 0 Å². The molecule has 1 aromatic heterocycles. The van der Waals surface area contributed by atoms with Crippen LogP contribution in [0.5, 0.6) is 5.75 Å². The van der Waals surface area contributed by atoms with Gasteiger partial charge in [0.25, 0.3) is 5.91 Å². The molecule has 6 nitrogen and oxygen atoms in total. The van der Waals surface area contributed by atoms with Crippen LogP contribution in [0.1, 0.15) is 27.8 Å². The number of ether oxygens (including phenoxy) is 1.